The number of hydrogen-bond acceptors (Lipinski definition) is 4. The minimum Gasteiger partial charge on any atom is -0.442 e. The number of rotatable bonds is 4. The molecule has 5 nitrogen and oxygen atoms in total. The van der Waals surface area contributed by atoms with Gasteiger partial charge in [-0.15, -0.1) is 0 Å². The van der Waals surface area contributed by atoms with Crippen molar-refractivity contribution >= 4 is 16.1 Å². The van der Waals surface area contributed by atoms with E-state index in [4.69, 9.17) is 4.74 Å². The van der Waals surface area contributed by atoms with E-state index < -0.39 is 39.6 Å². The summed E-state index contributed by atoms with van der Waals surface area (Å²) in [5.41, 5.74) is -0.515. The fourth-order valence-electron chi connectivity index (χ4n) is 3.22. The van der Waals surface area contributed by atoms with Gasteiger partial charge in [0.25, 0.3) is 0 Å². The molecule has 1 aliphatic rings. The number of ether oxygens (including phenoxy) is 1. The Balaban J connectivity index is 2.12. The van der Waals surface area contributed by atoms with Gasteiger partial charge in [0.2, 0.25) is 0 Å². The van der Waals surface area contributed by atoms with E-state index in [0.29, 0.717) is 5.56 Å². The average molecular weight is 400 g/mol. The van der Waals surface area contributed by atoms with Gasteiger partial charge in [-0.1, -0.05) is 6.92 Å². The van der Waals surface area contributed by atoms with E-state index >= 15 is 0 Å². The fraction of sp³-hybridized carbons (Fsp3) is 0.579. The van der Waals surface area contributed by atoms with E-state index in [0.717, 1.165) is 11.0 Å². The number of nitrogens with zero attached hydrogens (tertiary/aromatic N) is 2. The number of carbonyl (C=O) groups excluding carboxylic acids is 1. The summed E-state index contributed by atoms with van der Waals surface area (Å²) in [5, 5.41) is 21.7. The van der Waals surface area contributed by atoms with E-state index in [1.165, 1.54) is 12.1 Å². The molecule has 1 amide bonds. The van der Waals surface area contributed by atoms with Crippen molar-refractivity contribution in [1.82, 2.24) is 4.90 Å². The van der Waals surface area contributed by atoms with Crippen LogP contribution in [0.5, 0.6) is 0 Å². The molecule has 1 aromatic rings. The third-order valence-corrected chi connectivity index (χ3v) is 8.12. The summed E-state index contributed by atoms with van der Waals surface area (Å²) < 4.78 is 32.5. The van der Waals surface area contributed by atoms with E-state index in [1.807, 2.05) is 19.4 Å². The summed E-state index contributed by atoms with van der Waals surface area (Å²) in [7, 11) is -1.64. The topological polar surface area (TPSA) is 73.6 Å². The molecule has 1 N–H and O–H groups in total. The van der Waals surface area contributed by atoms with E-state index in [2.05, 4.69) is 5.40 Å². The van der Waals surface area contributed by atoms with Gasteiger partial charge in [0.1, 0.15) is 28.9 Å². The third-order valence-electron chi connectivity index (χ3n) is 5.31. The number of hydrogen-bond donors (Lipinski definition) is 1. The number of benzene rings is 1. The fourth-order valence-corrected chi connectivity index (χ4v) is 4.84. The van der Waals surface area contributed by atoms with Gasteiger partial charge >= 0.3 is 6.09 Å². The van der Waals surface area contributed by atoms with Gasteiger partial charge in [-0.25, -0.2) is 13.6 Å². The zero-order valence-electron chi connectivity index (χ0n) is 16.2. The smallest absolute Gasteiger partial charge is 0.412 e. The lowest BCUT2D eigenvalue weighted by atomic mass is 9.98. The van der Waals surface area contributed by atoms with Crippen LogP contribution in [0, 0.1) is 22.3 Å². The van der Waals surface area contributed by atoms with Crippen LogP contribution < -0.4 is 0 Å². The molecule has 27 heavy (non-hydrogen) atoms. The SMILES string of the molecule is CC(C(C)(C)OC(=O)N1C[C@H](c2cc(F)cc(F)c2)CC1O)S(C)(C)C#N. The van der Waals surface area contributed by atoms with E-state index in [-0.39, 0.29) is 24.1 Å². The number of aliphatic hydroxyl groups is 1. The molecule has 1 saturated heterocycles. The molecule has 0 aromatic heterocycles. The maximum absolute atomic E-state index is 13.5. The van der Waals surface area contributed by atoms with Crippen molar-refractivity contribution in [2.75, 3.05) is 19.1 Å². The number of thiocyanates is 1. The van der Waals surface area contributed by atoms with Crippen LogP contribution in [0.2, 0.25) is 0 Å². The molecule has 1 aromatic carbocycles. The summed E-state index contributed by atoms with van der Waals surface area (Å²) in [5.74, 6) is -1.78. The van der Waals surface area contributed by atoms with Crippen LogP contribution in [0.3, 0.4) is 0 Å². The van der Waals surface area contributed by atoms with Crippen molar-refractivity contribution in [2.24, 2.45) is 0 Å². The highest BCUT2D eigenvalue weighted by Crippen LogP contribution is 2.49. The van der Waals surface area contributed by atoms with Gasteiger partial charge in [-0.3, -0.25) is 4.90 Å². The number of halogens is 2. The Morgan fingerprint density at radius 2 is 1.93 bits per heavy atom. The molecule has 3 atom stereocenters. The van der Waals surface area contributed by atoms with Crippen LogP contribution in [0.1, 0.15) is 38.7 Å². The number of aliphatic hydroxyl groups excluding tert-OH is 1. The van der Waals surface area contributed by atoms with Crippen LogP contribution in [-0.2, 0) is 4.74 Å². The van der Waals surface area contributed by atoms with Crippen molar-refractivity contribution in [3.8, 4) is 5.40 Å². The lowest BCUT2D eigenvalue weighted by Crippen LogP contribution is -2.46. The summed E-state index contributed by atoms with van der Waals surface area (Å²) in [6.45, 7) is 5.44. The third kappa shape index (κ3) is 4.71. The second-order valence-corrected chi connectivity index (χ2v) is 11.6. The number of carbonyl (C=O) groups is 1. The Bertz CT molecular complexity index is 744. The normalized spacial score (nSPS) is 22.3. The molecular weight excluding hydrogens is 374 g/mol. The number of amides is 1. The molecule has 0 spiro atoms. The molecular formula is C19H26F2N2O3S. The Kier molecular flexibility index (Phi) is 6.07. The summed E-state index contributed by atoms with van der Waals surface area (Å²) in [6.07, 6.45) is 2.07. The van der Waals surface area contributed by atoms with Crippen molar-refractivity contribution in [3.05, 3.63) is 35.4 Å². The molecule has 2 rings (SSSR count). The average Bonchev–Trinajstić information content (AvgIpc) is 2.95. The number of likely N-dealkylation sites (tertiary alicyclic amines) is 1. The monoisotopic (exact) mass is 400 g/mol. The first-order valence-electron chi connectivity index (χ1n) is 8.64. The Hall–Kier alpha value is -1.85. The van der Waals surface area contributed by atoms with E-state index in [1.54, 1.807) is 13.8 Å². The summed E-state index contributed by atoms with van der Waals surface area (Å²) in [6, 6.07) is 3.20. The van der Waals surface area contributed by atoms with Crippen LogP contribution >= 0.6 is 10.0 Å². The predicted molar refractivity (Wildman–Crippen MR) is 102 cm³/mol. The maximum Gasteiger partial charge on any atom is 0.412 e. The zero-order valence-corrected chi connectivity index (χ0v) is 17.0. The van der Waals surface area contributed by atoms with Gasteiger partial charge in [-0.2, -0.15) is 15.3 Å². The van der Waals surface area contributed by atoms with Crippen LogP contribution in [0.4, 0.5) is 13.6 Å². The predicted octanol–water partition coefficient (Wildman–Crippen LogP) is 3.92. The summed E-state index contributed by atoms with van der Waals surface area (Å²) in [4.78, 5) is 13.8. The highest BCUT2D eigenvalue weighted by Gasteiger charge is 2.42. The maximum atomic E-state index is 13.5. The Morgan fingerprint density at radius 1 is 1.37 bits per heavy atom. The lowest BCUT2D eigenvalue weighted by Gasteiger charge is -2.41. The molecule has 8 heteroatoms. The highest BCUT2D eigenvalue weighted by molar-refractivity contribution is 8.36. The first-order chi connectivity index (χ1) is 12.4. The number of nitriles is 1. The first-order valence-corrected chi connectivity index (χ1v) is 11.2. The van der Waals surface area contributed by atoms with Gasteiger partial charge in [0.05, 0.1) is 0 Å². The second-order valence-electron chi connectivity index (χ2n) is 7.88. The first kappa shape index (κ1) is 21.5. The van der Waals surface area contributed by atoms with Crippen molar-refractivity contribution in [2.45, 2.75) is 50.2 Å². The molecule has 150 valence electrons. The second kappa shape index (κ2) is 7.64. The van der Waals surface area contributed by atoms with Crippen LogP contribution in [-0.4, -0.2) is 52.2 Å². The molecule has 1 aliphatic heterocycles. The quantitative estimate of drug-likeness (QED) is 0.778. The van der Waals surface area contributed by atoms with Crippen LogP contribution in [0.15, 0.2) is 18.2 Å². The minimum atomic E-state index is -1.64. The van der Waals surface area contributed by atoms with Gasteiger partial charge in [0, 0.05) is 30.2 Å². The van der Waals surface area contributed by atoms with Gasteiger partial charge < -0.3 is 9.84 Å². The molecule has 0 saturated carbocycles. The highest BCUT2D eigenvalue weighted by atomic mass is 32.3. The standard InChI is InChI=1S/C19H26F2N2O3S/c1-12(27(4,5)11-22)19(2,3)26-18(25)23-10-14(8-17(23)24)13-6-15(20)9-16(21)7-13/h6-7,9,12,14,17,24H,8,10H2,1-5H3/t12?,14-,17?/m1/s1. The van der Waals surface area contributed by atoms with Gasteiger partial charge in [-0.05, 0) is 44.1 Å². The minimum absolute atomic E-state index is 0.0991. The largest absolute Gasteiger partial charge is 0.442 e. The Labute approximate surface area is 160 Å². The van der Waals surface area contributed by atoms with Crippen molar-refractivity contribution in [3.63, 3.8) is 0 Å². The lowest BCUT2D eigenvalue weighted by molar-refractivity contribution is -0.0191. The molecule has 0 radical (unpaired) electrons. The van der Waals surface area contributed by atoms with Crippen molar-refractivity contribution < 1.29 is 23.4 Å². The van der Waals surface area contributed by atoms with Crippen LogP contribution in [0.25, 0.3) is 0 Å². The zero-order chi connectivity index (χ0) is 20.6. The van der Waals surface area contributed by atoms with Gasteiger partial charge in [0.15, 0.2) is 0 Å². The molecule has 0 aliphatic carbocycles. The van der Waals surface area contributed by atoms with E-state index in [9.17, 15) is 23.9 Å². The van der Waals surface area contributed by atoms with Crippen molar-refractivity contribution in [1.29, 1.82) is 5.26 Å². The summed E-state index contributed by atoms with van der Waals surface area (Å²) >= 11 is 0. The molecule has 2 unspecified atom stereocenters. The Morgan fingerprint density at radius 3 is 2.44 bits per heavy atom. The molecule has 1 heterocycles. The molecule has 1 fully saturated rings. The molecule has 0 bridgehead atoms.